The van der Waals surface area contributed by atoms with Gasteiger partial charge in [0.15, 0.2) is 0 Å². The van der Waals surface area contributed by atoms with Gasteiger partial charge in [-0.05, 0) is 29.3 Å². The highest BCUT2D eigenvalue weighted by molar-refractivity contribution is 6.31. The summed E-state index contributed by atoms with van der Waals surface area (Å²) < 4.78 is 15.2. The number of aromatic nitrogens is 3. The quantitative estimate of drug-likeness (QED) is 0.462. The third-order valence-electron chi connectivity index (χ3n) is 2.58. The monoisotopic (exact) mass is 355 g/mol. The summed E-state index contributed by atoms with van der Waals surface area (Å²) in [4.78, 5) is 23.2. The molecular formula is C14H11Cl2N3O4. The van der Waals surface area contributed by atoms with Crippen LogP contribution in [0.15, 0.2) is 30.5 Å². The Bertz CT molecular complexity index is 732. The molecule has 0 saturated carbocycles. The topological polar surface area (TPSA) is 83.4 Å². The van der Waals surface area contributed by atoms with Crippen molar-refractivity contribution in [1.29, 1.82) is 0 Å². The molecule has 1 aromatic heterocycles. The molecule has 0 aliphatic carbocycles. The van der Waals surface area contributed by atoms with E-state index in [2.05, 4.69) is 15.0 Å². The average molecular weight is 356 g/mol. The van der Waals surface area contributed by atoms with Crippen molar-refractivity contribution in [3.8, 4) is 11.8 Å². The fourth-order valence-electron chi connectivity index (χ4n) is 1.68. The van der Waals surface area contributed by atoms with Gasteiger partial charge in [0, 0.05) is 5.56 Å². The van der Waals surface area contributed by atoms with Gasteiger partial charge in [-0.15, -0.1) is 0 Å². The number of hydrogen-bond acceptors (Lipinski definition) is 7. The van der Waals surface area contributed by atoms with Gasteiger partial charge >= 0.3 is 12.0 Å². The lowest BCUT2D eigenvalue weighted by Crippen LogP contribution is -2.06. The van der Waals surface area contributed by atoms with Gasteiger partial charge in [-0.25, -0.2) is 4.79 Å². The van der Waals surface area contributed by atoms with Crippen LogP contribution in [0.5, 0.6) is 11.8 Å². The van der Waals surface area contributed by atoms with Gasteiger partial charge < -0.3 is 14.2 Å². The lowest BCUT2D eigenvalue weighted by atomic mass is 10.1. The van der Waals surface area contributed by atoms with E-state index in [1.54, 1.807) is 24.3 Å². The van der Waals surface area contributed by atoms with E-state index < -0.39 is 5.97 Å². The zero-order chi connectivity index (χ0) is 16.8. The Balaban J connectivity index is 2.44. The van der Waals surface area contributed by atoms with Crippen molar-refractivity contribution in [1.82, 2.24) is 15.0 Å². The van der Waals surface area contributed by atoms with Gasteiger partial charge in [0.25, 0.3) is 0 Å². The van der Waals surface area contributed by atoms with Crippen LogP contribution in [0.4, 0.5) is 0 Å². The molecule has 9 heteroatoms. The van der Waals surface area contributed by atoms with Crippen LogP contribution >= 0.6 is 23.2 Å². The third kappa shape index (κ3) is 4.30. The Morgan fingerprint density at radius 2 is 1.74 bits per heavy atom. The van der Waals surface area contributed by atoms with E-state index in [9.17, 15) is 4.79 Å². The van der Waals surface area contributed by atoms with Gasteiger partial charge in [0.1, 0.15) is 11.3 Å². The van der Waals surface area contributed by atoms with Crippen molar-refractivity contribution in [2.45, 2.75) is 0 Å². The predicted molar refractivity (Wildman–Crippen MR) is 83.4 cm³/mol. The van der Waals surface area contributed by atoms with Gasteiger partial charge in [-0.2, -0.15) is 15.0 Å². The van der Waals surface area contributed by atoms with Crippen LogP contribution in [0.3, 0.4) is 0 Å². The zero-order valence-electron chi connectivity index (χ0n) is 12.1. The molecule has 23 heavy (non-hydrogen) atoms. The lowest BCUT2D eigenvalue weighted by Gasteiger charge is -2.11. The van der Waals surface area contributed by atoms with Crippen molar-refractivity contribution in [2.24, 2.45) is 0 Å². The molecule has 2 aromatic rings. The van der Waals surface area contributed by atoms with E-state index >= 15 is 0 Å². The number of benzene rings is 1. The molecule has 0 saturated heterocycles. The fourth-order valence-corrected chi connectivity index (χ4v) is 2.03. The molecular weight excluding hydrogens is 345 g/mol. The summed E-state index contributed by atoms with van der Waals surface area (Å²) in [5.74, 6) is -0.297. The van der Waals surface area contributed by atoms with Gasteiger partial charge in [-0.1, -0.05) is 18.2 Å². The van der Waals surface area contributed by atoms with Crippen LogP contribution in [0.1, 0.15) is 5.56 Å². The molecule has 7 nitrogen and oxygen atoms in total. The maximum atomic E-state index is 11.9. The normalized spacial score (nSPS) is 11.0. The summed E-state index contributed by atoms with van der Waals surface area (Å²) >= 11 is 11.4. The fraction of sp³-hybridized carbons (Fsp3) is 0.143. The summed E-state index contributed by atoms with van der Waals surface area (Å²) in [5, 5.41) is -0.226. The Morgan fingerprint density at radius 1 is 1.09 bits per heavy atom. The van der Waals surface area contributed by atoms with Crippen LogP contribution in [-0.2, 0) is 14.3 Å². The highest BCUT2D eigenvalue weighted by Crippen LogP contribution is 2.30. The number of halogens is 2. The van der Waals surface area contributed by atoms with Gasteiger partial charge in [-0.3, -0.25) is 0 Å². The Hall–Kier alpha value is -2.38. The van der Waals surface area contributed by atoms with Crippen LogP contribution in [0.2, 0.25) is 10.6 Å². The first kappa shape index (κ1) is 17.0. The maximum absolute atomic E-state index is 11.9. The molecule has 0 fully saturated rings. The molecule has 0 bridgehead atoms. The van der Waals surface area contributed by atoms with E-state index in [0.29, 0.717) is 11.3 Å². The molecule has 1 aromatic carbocycles. The number of hydrogen-bond donors (Lipinski definition) is 0. The zero-order valence-corrected chi connectivity index (χ0v) is 13.6. The van der Waals surface area contributed by atoms with Crippen LogP contribution in [-0.4, -0.2) is 35.1 Å². The predicted octanol–water partition coefficient (Wildman–Crippen LogP) is 3.13. The second kappa shape index (κ2) is 7.75. The number of rotatable bonds is 5. The third-order valence-corrected chi connectivity index (χ3v) is 2.92. The second-order valence-electron chi connectivity index (χ2n) is 4.01. The number of carbonyl (C=O) groups is 1. The first-order valence-corrected chi connectivity index (χ1v) is 6.96. The second-order valence-corrected chi connectivity index (χ2v) is 4.69. The van der Waals surface area contributed by atoms with E-state index in [0.717, 1.165) is 0 Å². The molecule has 0 N–H and O–H groups in total. The number of methoxy groups -OCH3 is 2. The number of para-hydroxylation sites is 1. The first-order valence-electron chi connectivity index (χ1n) is 6.20. The summed E-state index contributed by atoms with van der Waals surface area (Å²) in [6.07, 6.45) is 1.25. The molecule has 1 heterocycles. The minimum atomic E-state index is -0.588. The Labute approximate surface area is 141 Å². The highest BCUT2D eigenvalue weighted by atomic mass is 35.5. The number of ether oxygens (including phenoxy) is 3. The SMILES string of the molecule is COC=C(C(=O)OC)c1ccccc1Oc1nc(Cl)nc(Cl)n1. The minimum Gasteiger partial charge on any atom is -0.503 e. The molecule has 2 rings (SSSR count). The number of carbonyl (C=O) groups excluding carboxylic acids is 1. The molecule has 0 radical (unpaired) electrons. The van der Waals surface area contributed by atoms with Gasteiger partial charge in [0.2, 0.25) is 10.6 Å². The van der Waals surface area contributed by atoms with E-state index in [-0.39, 0.29) is 22.2 Å². The molecule has 0 aliphatic heterocycles. The number of esters is 1. The van der Waals surface area contributed by atoms with Crippen molar-refractivity contribution in [3.05, 3.63) is 46.7 Å². The lowest BCUT2D eigenvalue weighted by molar-refractivity contribution is -0.133. The van der Waals surface area contributed by atoms with Gasteiger partial charge in [0.05, 0.1) is 20.5 Å². The van der Waals surface area contributed by atoms with Crippen molar-refractivity contribution < 1.29 is 19.0 Å². The number of nitrogens with zero attached hydrogens (tertiary/aromatic N) is 3. The molecule has 0 aliphatic rings. The largest absolute Gasteiger partial charge is 0.503 e. The summed E-state index contributed by atoms with van der Waals surface area (Å²) in [7, 11) is 2.68. The smallest absolute Gasteiger partial charge is 0.341 e. The van der Waals surface area contributed by atoms with E-state index in [1.165, 1.54) is 20.5 Å². The average Bonchev–Trinajstić information content (AvgIpc) is 2.52. The van der Waals surface area contributed by atoms with Crippen LogP contribution < -0.4 is 4.74 Å². The Morgan fingerprint density at radius 3 is 2.35 bits per heavy atom. The minimum absolute atomic E-state index is 0.107. The summed E-state index contributed by atoms with van der Waals surface area (Å²) in [6.45, 7) is 0. The van der Waals surface area contributed by atoms with Crippen molar-refractivity contribution in [3.63, 3.8) is 0 Å². The highest BCUT2D eigenvalue weighted by Gasteiger charge is 2.19. The summed E-state index contributed by atoms with van der Waals surface area (Å²) in [5.41, 5.74) is 0.589. The molecule has 0 atom stereocenters. The van der Waals surface area contributed by atoms with Crippen LogP contribution in [0.25, 0.3) is 5.57 Å². The molecule has 0 unspecified atom stereocenters. The van der Waals surface area contributed by atoms with E-state index in [1.807, 2.05) is 0 Å². The molecule has 0 spiro atoms. The van der Waals surface area contributed by atoms with Crippen molar-refractivity contribution >= 4 is 34.7 Å². The molecule has 120 valence electrons. The van der Waals surface area contributed by atoms with Crippen molar-refractivity contribution in [2.75, 3.05) is 14.2 Å². The van der Waals surface area contributed by atoms with Crippen LogP contribution in [0, 0.1) is 0 Å². The first-order chi connectivity index (χ1) is 11.0. The maximum Gasteiger partial charge on any atom is 0.341 e. The van der Waals surface area contributed by atoms with E-state index in [4.69, 9.17) is 37.4 Å². The molecule has 0 amide bonds. The standard InChI is InChI=1S/C14H11Cl2N3O4/c1-21-7-9(11(20)22-2)8-5-3-4-6-10(8)23-14-18-12(15)17-13(16)19-14/h3-7H,1-2H3. The Kier molecular flexibility index (Phi) is 5.72. The summed E-state index contributed by atoms with van der Waals surface area (Å²) in [6, 6.07) is 6.60.